The monoisotopic (exact) mass is 515 g/mol. The molecule has 3 heterocycles. The molecular weight excluding hydrogens is 481 g/mol. The number of hydrogen-bond acceptors (Lipinski definition) is 5. The SMILES string of the molecule is CC1CC(NC(=NCC2CCS(=O)(=O)C2)NCC2CCCCO2)CCO1.I. The number of nitrogens with zero attached hydrogens (tertiary/aromatic N) is 1. The van der Waals surface area contributed by atoms with Crippen LogP contribution in [0.3, 0.4) is 0 Å². The largest absolute Gasteiger partial charge is 0.378 e. The highest BCUT2D eigenvalue weighted by Crippen LogP contribution is 2.19. The summed E-state index contributed by atoms with van der Waals surface area (Å²) in [4.78, 5) is 4.71. The molecule has 0 aromatic rings. The molecule has 0 amide bonds. The second kappa shape index (κ2) is 11.2. The quantitative estimate of drug-likeness (QED) is 0.329. The average Bonchev–Trinajstić information content (AvgIpc) is 2.97. The Balaban J connectivity index is 0.00000261. The highest BCUT2D eigenvalue weighted by atomic mass is 127. The van der Waals surface area contributed by atoms with Crippen LogP contribution in [0, 0.1) is 5.92 Å². The van der Waals surface area contributed by atoms with Crippen molar-refractivity contribution < 1.29 is 17.9 Å². The van der Waals surface area contributed by atoms with Gasteiger partial charge in [0.25, 0.3) is 0 Å². The minimum atomic E-state index is -2.85. The van der Waals surface area contributed by atoms with E-state index < -0.39 is 9.84 Å². The van der Waals surface area contributed by atoms with Crippen LogP contribution in [0.2, 0.25) is 0 Å². The standard InChI is InChI=1S/C18H33N3O4S.HI/c1-14-10-16(5-8-24-14)21-18(20-12-17-4-2-3-7-25-17)19-11-15-6-9-26(22,23)13-15;/h14-17H,2-13H2,1H3,(H2,19,20,21);1H. The molecule has 0 aromatic heterocycles. The molecule has 0 spiro atoms. The minimum absolute atomic E-state index is 0. The third-order valence-electron chi connectivity index (χ3n) is 5.43. The van der Waals surface area contributed by atoms with E-state index in [1.807, 2.05) is 0 Å². The first-order chi connectivity index (χ1) is 12.5. The summed E-state index contributed by atoms with van der Waals surface area (Å²) in [6.07, 6.45) is 6.56. The van der Waals surface area contributed by atoms with Gasteiger partial charge in [-0.3, -0.25) is 4.99 Å². The fourth-order valence-corrected chi connectivity index (χ4v) is 5.74. The summed E-state index contributed by atoms with van der Waals surface area (Å²) in [5.74, 6) is 1.49. The molecule has 7 nitrogen and oxygen atoms in total. The number of guanidine groups is 1. The molecule has 3 fully saturated rings. The molecular formula is C18H34IN3O4S. The van der Waals surface area contributed by atoms with E-state index >= 15 is 0 Å². The van der Waals surface area contributed by atoms with Crippen LogP contribution in [-0.4, -0.2) is 70.4 Å². The van der Waals surface area contributed by atoms with E-state index in [4.69, 9.17) is 14.5 Å². The third kappa shape index (κ3) is 8.02. The van der Waals surface area contributed by atoms with Crippen molar-refractivity contribution in [3.63, 3.8) is 0 Å². The number of ether oxygens (including phenoxy) is 2. The lowest BCUT2D eigenvalue weighted by atomic mass is 10.0. The topological polar surface area (TPSA) is 89.0 Å². The van der Waals surface area contributed by atoms with Gasteiger partial charge in [-0.1, -0.05) is 0 Å². The predicted octanol–water partition coefficient (Wildman–Crippen LogP) is 1.71. The number of nitrogens with one attached hydrogen (secondary N) is 2. The van der Waals surface area contributed by atoms with E-state index in [0.717, 1.165) is 57.8 Å². The maximum Gasteiger partial charge on any atom is 0.191 e. The third-order valence-corrected chi connectivity index (χ3v) is 7.27. The van der Waals surface area contributed by atoms with Gasteiger partial charge >= 0.3 is 0 Å². The molecule has 3 aliphatic heterocycles. The Kier molecular flexibility index (Phi) is 9.57. The molecule has 3 aliphatic rings. The number of halogens is 1. The average molecular weight is 515 g/mol. The first-order valence-electron chi connectivity index (χ1n) is 9.98. The molecule has 2 N–H and O–H groups in total. The van der Waals surface area contributed by atoms with E-state index in [1.54, 1.807) is 0 Å². The fourth-order valence-electron chi connectivity index (χ4n) is 3.89. The van der Waals surface area contributed by atoms with Gasteiger partial charge < -0.3 is 20.1 Å². The lowest BCUT2D eigenvalue weighted by molar-refractivity contribution is 0.0150. The zero-order valence-corrected chi connectivity index (χ0v) is 19.3. The molecule has 0 saturated carbocycles. The van der Waals surface area contributed by atoms with Crippen LogP contribution in [0.15, 0.2) is 4.99 Å². The molecule has 9 heteroatoms. The van der Waals surface area contributed by atoms with E-state index in [9.17, 15) is 8.42 Å². The molecule has 3 saturated heterocycles. The van der Waals surface area contributed by atoms with Crippen LogP contribution >= 0.6 is 24.0 Å². The molecule has 0 aliphatic carbocycles. The van der Waals surface area contributed by atoms with Crippen LogP contribution in [-0.2, 0) is 19.3 Å². The van der Waals surface area contributed by atoms with Gasteiger partial charge in [-0.25, -0.2) is 8.42 Å². The first-order valence-corrected chi connectivity index (χ1v) is 11.8. The summed E-state index contributed by atoms with van der Waals surface area (Å²) in [5, 5.41) is 6.94. The van der Waals surface area contributed by atoms with Crippen molar-refractivity contribution in [3.05, 3.63) is 0 Å². The Labute approximate surface area is 180 Å². The molecule has 4 unspecified atom stereocenters. The van der Waals surface area contributed by atoms with Crippen molar-refractivity contribution in [1.82, 2.24) is 10.6 Å². The number of hydrogen-bond donors (Lipinski definition) is 2. The van der Waals surface area contributed by atoms with Crippen LogP contribution in [0.4, 0.5) is 0 Å². The van der Waals surface area contributed by atoms with Gasteiger partial charge in [-0.05, 0) is 51.4 Å². The molecule has 3 rings (SSSR count). The molecule has 0 radical (unpaired) electrons. The van der Waals surface area contributed by atoms with Crippen LogP contribution in [0.1, 0.15) is 45.4 Å². The Morgan fingerprint density at radius 3 is 2.67 bits per heavy atom. The maximum atomic E-state index is 11.7. The molecule has 4 atom stereocenters. The highest BCUT2D eigenvalue weighted by Gasteiger charge is 2.28. The van der Waals surface area contributed by atoms with Crippen molar-refractivity contribution >= 4 is 39.8 Å². The lowest BCUT2D eigenvalue weighted by Crippen LogP contribution is -2.49. The summed E-state index contributed by atoms with van der Waals surface area (Å²) >= 11 is 0. The van der Waals surface area contributed by atoms with Gasteiger partial charge in [0.1, 0.15) is 0 Å². The summed E-state index contributed by atoms with van der Waals surface area (Å²) in [7, 11) is -2.85. The van der Waals surface area contributed by atoms with Crippen LogP contribution in [0.5, 0.6) is 0 Å². The number of rotatable bonds is 5. The van der Waals surface area contributed by atoms with Crippen molar-refractivity contribution in [2.45, 2.75) is 63.7 Å². The zero-order valence-electron chi connectivity index (χ0n) is 16.2. The molecule has 27 heavy (non-hydrogen) atoms. The van der Waals surface area contributed by atoms with Crippen molar-refractivity contribution in [2.24, 2.45) is 10.9 Å². The molecule has 0 aromatic carbocycles. The Morgan fingerprint density at radius 1 is 1.15 bits per heavy atom. The van der Waals surface area contributed by atoms with E-state index in [2.05, 4.69) is 17.6 Å². The highest BCUT2D eigenvalue weighted by molar-refractivity contribution is 14.0. The lowest BCUT2D eigenvalue weighted by Gasteiger charge is -2.30. The Bertz CT molecular complexity index is 581. The number of sulfone groups is 1. The van der Waals surface area contributed by atoms with E-state index in [-0.39, 0.29) is 47.9 Å². The normalized spacial score (nSPS) is 33.9. The summed E-state index contributed by atoms with van der Waals surface area (Å²) in [6, 6.07) is 0.338. The molecule has 0 bridgehead atoms. The van der Waals surface area contributed by atoms with Gasteiger partial charge in [-0.15, -0.1) is 24.0 Å². The van der Waals surface area contributed by atoms with Gasteiger partial charge in [0.2, 0.25) is 0 Å². The fraction of sp³-hybridized carbons (Fsp3) is 0.944. The van der Waals surface area contributed by atoms with E-state index in [0.29, 0.717) is 18.3 Å². The zero-order chi connectivity index (χ0) is 18.4. The Hall–Kier alpha value is -0.130. The summed E-state index contributed by atoms with van der Waals surface area (Å²) < 4.78 is 34.7. The first kappa shape index (κ1) is 23.2. The van der Waals surface area contributed by atoms with Crippen molar-refractivity contribution in [3.8, 4) is 0 Å². The maximum absolute atomic E-state index is 11.7. The van der Waals surface area contributed by atoms with Gasteiger partial charge in [0, 0.05) is 32.3 Å². The van der Waals surface area contributed by atoms with Gasteiger partial charge in [0.15, 0.2) is 15.8 Å². The van der Waals surface area contributed by atoms with Crippen LogP contribution < -0.4 is 10.6 Å². The van der Waals surface area contributed by atoms with Crippen LogP contribution in [0.25, 0.3) is 0 Å². The number of aliphatic imine (C=N–C) groups is 1. The van der Waals surface area contributed by atoms with E-state index in [1.165, 1.54) is 6.42 Å². The second-order valence-corrected chi connectivity index (χ2v) is 10.1. The summed E-state index contributed by atoms with van der Waals surface area (Å²) in [6.45, 7) is 4.99. The minimum Gasteiger partial charge on any atom is -0.378 e. The van der Waals surface area contributed by atoms with Gasteiger partial charge in [0.05, 0.1) is 23.7 Å². The van der Waals surface area contributed by atoms with Gasteiger partial charge in [-0.2, -0.15) is 0 Å². The Morgan fingerprint density at radius 2 is 2.00 bits per heavy atom. The van der Waals surface area contributed by atoms with Crippen molar-refractivity contribution in [1.29, 1.82) is 0 Å². The smallest absolute Gasteiger partial charge is 0.191 e. The molecule has 158 valence electrons. The second-order valence-electron chi connectivity index (χ2n) is 7.87. The van der Waals surface area contributed by atoms with Crippen molar-refractivity contribution in [2.75, 3.05) is 37.8 Å². The summed E-state index contributed by atoms with van der Waals surface area (Å²) in [5.41, 5.74) is 0. The predicted molar refractivity (Wildman–Crippen MR) is 118 cm³/mol.